The molecule has 10 heteroatoms. The molecule has 142 valence electrons. The van der Waals surface area contributed by atoms with E-state index in [1.165, 1.54) is 4.31 Å². The molecule has 0 spiro atoms. The van der Waals surface area contributed by atoms with Crippen LogP contribution in [0.15, 0.2) is 4.99 Å². The highest BCUT2D eigenvalue weighted by molar-refractivity contribution is 14.0. The Morgan fingerprint density at radius 1 is 1.25 bits per heavy atom. The molecule has 0 aliphatic carbocycles. The summed E-state index contributed by atoms with van der Waals surface area (Å²) in [4.78, 5) is 16.0. The van der Waals surface area contributed by atoms with Crippen molar-refractivity contribution in [3.05, 3.63) is 0 Å². The number of nitrogens with zero attached hydrogens (tertiary/aromatic N) is 2. The molecule has 1 aliphatic rings. The SMILES string of the molecule is CCNC(=NCC(=O)NC(C)(C)C)NCCN1CCCS1(=O)=O.I. The number of rotatable bonds is 6. The smallest absolute Gasteiger partial charge is 0.242 e. The van der Waals surface area contributed by atoms with Gasteiger partial charge in [-0.05, 0) is 34.1 Å². The van der Waals surface area contributed by atoms with E-state index < -0.39 is 10.0 Å². The van der Waals surface area contributed by atoms with Crippen molar-refractivity contribution in [2.75, 3.05) is 38.5 Å². The molecular weight excluding hydrogens is 445 g/mol. The van der Waals surface area contributed by atoms with Gasteiger partial charge in [-0.25, -0.2) is 17.7 Å². The van der Waals surface area contributed by atoms with Crippen molar-refractivity contribution in [2.45, 2.75) is 39.7 Å². The van der Waals surface area contributed by atoms with Crippen LogP contribution in [0.5, 0.6) is 0 Å². The molecule has 1 rings (SSSR count). The summed E-state index contributed by atoms with van der Waals surface area (Å²) in [5.74, 6) is 0.582. The molecule has 0 saturated carbocycles. The fourth-order valence-electron chi connectivity index (χ4n) is 2.19. The van der Waals surface area contributed by atoms with Gasteiger partial charge in [-0.2, -0.15) is 0 Å². The number of halogens is 1. The lowest BCUT2D eigenvalue weighted by Crippen LogP contribution is -2.44. The van der Waals surface area contributed by atoms with Crippen molar-refractivity contribution in [3.63, 3.8) is 0 Å². The molecule has 0 unspecified atom stereocenters. The predicted octanol–water partition coefficient (Wildman–Crippen LogP) is 0.110. The van der Waals surface area contributed by atoms with E-state index in [1.54, 1.807) is 0 Å². The minimum atomic E-state index is -3.07. The van der Waals surface area contributed by atoms with Gasteiger partial charge in [0.05, 0.1) is 5.75 Å². The van der Waals surface area contributed by atoms with Gasteiger partial charge in [-0.1, -0.05) is 0 Å². The van der Waals surface area contributed by atoms with E-state index in [4.69, 9.17) is 0 Å². The number of amides is 1. The molecule has 1 saturated heterocycles. The third-order valence-corrected chi connectivity index (χ3v) is 5.05. The van der Waals surface area contributed by atoms with Gasteiger partial charge in [0.2, 0.25) is 15.9 Å². The summed E-state index contributed by atoms with van der Waals surface area (Å²) in [6.45, 7) is 9.77. The van der Waals surface area contributed by atoms with E-state index in [-0.39, 0.29) is 47.7 Å². The monoisotopic (exact) mass is 475 g/mol. The molecule has 8 nitrogen and oxygen atoms in total. The molecule has 0 aromatic rings. The Hall–Kier alpha value is -0.620. The zero-order valence-corrected chi connectivity index (χ0v) is 18.0. The number of carbonyl (C=O) groups excluding carboxylic acids is 1. The number of guanidine groups is 1. The summed E-state index contributed by atoms with van der Waals surface area (Å²) < 4.78 is 24.9. The van der Waals surface area contributed by atoms with Crippen LogP contribution in [-0.4, -0.2) is 68.6 Å². The van der Waals surface area contributed by atoms with Crippen LogP contribution in [0.3, 0.4) is 0 Å². The highest BCUT2D eigenvalue weighted by atomic mass is 127. The standard InChI is InChI=1S/C14H29N5O3S.HI/c1-5-15-13(17-11-12(20)18-14(2,3)4)16-7-9-19-8-6-10-23(19,21)22;/h5-11H2,1-4H3,(H,18,20)(H2,15,16,17);1H. The van der Waals surface area contributed by atoms with Gasteiger partial charge in [0.25, 0.3) is 0 Å². The summed E-state index contributed by atoms with van der Waals surface area (Å²) in [5, 5.41) is 8.93. The van der Waals surface area contributed by atoms with Crippen LogP contribution < -0.4 is 16.0 Å². The second kappa shape index (κ2) is 10.4. The molecule has 1 amide bonds. The maximum absolute atomic E-state index is 11.8. The van der Waals surface area contributed by atoms with Crippen molar-refractivity contribution in [3.8, 4) is 0 Å². The van der Waals surface area contributed by atoms with Crippen LogP contribution in [-0.2, 0) is 14.8 Å². The van der Waals surface area contributed by atoms with Gasteiger partial charge in [-0.3, -0.25) is 4.79 Å². The van der Waals surface area contributed by atoms with Gasteiger partial charge in [0, 0.05) is 31.7 Å². The Kier molecular flexibility index (Phi) is 10.1. The van der Waals surface area contributed by atoms with Crippen LogP contribution >= 0.6 is 24.0 Å². The van der Waals surface area contributed by atoms with Crippen LogP contribution in [0.2, 0.25) is 0 Å². The van der Waals surface area contributed by atoms with E-state index in [9.17, 15) is 13.2 Å². The maximum atomic E-state index is 11.8. The zero-order chi connectivity index (χ0) is 17.5. The lowest BCUT2D eigenvalue weighted by Gasteiger charge is -2.20. The van der Waals surface area contributed by atoms with E-state index in [1.807, 2.05) is 27.7 Å². The average Bonchev–Trinajstić information content (AvgIpc) is 2.73. The number of carbonyl (C=O) groups is 1. The van der Waals surface area contributed by atoms with Crippen molar-refractivity contribution >= 4 is 45.9 Å². The van der Waals surface area contributed by atoms with Crippen molar-refractivity contribution in [2.24, 2.45) is 4.99 Å². The molecule has 1 fully saturated rings. The number of nitrogens with one attached hydrogen (secondary N) is 3. The van der Waals surface area contributed by atoms with Crippen LogP contribution in [0.1, 0.15) is 34.1 Å². The third kappa shape index (κ3) is 9.02. The first kappa shape index (κ1) is 23.4. The minimum Gasteiger partial charge on any atom is -0.357 e. The average molecular weight is 475 g/mol. The van der Waals surface area contributed by atoms with E-state index in [2.05, 4.69) is 20.9 Å². The molecule has 24 heavy (non-hydrogen) atoms. The first-order valence-corrected chi connectivity index (χ1v) is 9.56. The molecule has 3 N–H and O–H groups in total. The second-order valence-corrected chi connectivity index (χ2v) is 8.58. The molecule has 0 aromatic heterocycles. The topological polar surface area (TPSA) is 103 Å². The minimum absolute atomic E-state index is 0. The molecular formula is C14H30IN5O3S. The Morgan fingerprint density at radius 2 is 1.92 bits per heavy atom. The van der Waals surface area contributed by atoms with Gasteiger partial charge >= 0.3 is 0 Å². The first-order chi connectivity index (χ1) is 10.6. The number of aliphatic imine (C=N–C) groups is 1. The Balaban J connectivity index is 0.00000529. The van der Waals surface area contributed by atoms with E-state index >= 15 is 0 Å². The van der Waals surface area contributed by atoms with Gasteiger partial charge in [-0.15, -0.1) is 24.0 Å². The Bertz CT molecular complexity index is 531. The van der Waals surface area contributed by atoms with Crippen molar-refractivity contribution < 1.29 is 13.2 Å². The van der Waals surface area contributed by atoms with Crippen molar-refractivity contribution in [1.82, 2.24) is 20.3 Å². The maximum Gasteiger partial charge on any atom is 0.242 e. The molecule has 0 atom stereocenters. The van der Waals surface area contributed by atoms with Crippen molar-refractivity contribution in [1.29, 1.82) is 0 Å². The number of sulfonamides is 1. The van der Waals surface area contributed by atoms with Crippen LogP contribution in [0, 0.1) is 0 Å². The molecule has 0 bridgehead atoms. The highest BCUT2D eigenvalue weighted by Crippen LogP contribution is 2.11. The van der Waals surface area contributed by atoms with Gasteiger partial charge in [0.15, 0.2) is 5.96 Å². The second-order valence-electron chi connectivity index (χ2n) is 6.49. The molecule has 1 heterocycles. The zero-order valence-electron chi connectivity index (χ0n) is 14.9. The summed E-state index contributed by atoms with van der Waals surface area (Å²) in [5.41, 5.74) is -0.289. The largest absolute Gasteiger partial charge is 0.357 e. The van der Waals surface area contributed by atoms with Gasteiger partial charge < -0.3 is 16.0 Å². The molecule has 0 radical (unpaired) electrons. The number of hydrogen-bond acceptors (Lipinski definition) is 4. The summed E-state index contributed by atoms with van der Waals surface area (Å²) >= 11 is 0. The quantitative estimate of drug-likeness (QED) is 0.288. The van der Waals surface area contributed by atoms with Gasteiger partial charge in [0.1, 0.15) is 6.54 Å². The fourth-order valence-corrected chi connectivity index (χ4v) is 3.72. The third-order valence-electron chi connectivity index (χ3n) is 3.10. The van der Waals surface area contributed by atoms with E-state index in [0.717, 1.165) is 0 Å². The van der Waals surface area contributed by atoms with Crippen LogP contribution in [0.25, 0.3) is 0 Å². The lowest BCUT2D eigenvalue weighted by atomic mass is 10.1. The number of hydrogen-bond donors (Lipinski definition) is 3. The fraction of sp³-hybridized carbons (Fsp3) is 0.857. The Morgan fingerprint density at radius 3 is 2.42 bits per heavy atom. The lowest BCUT2D eigenvalue weighted by molar-refractivity contribution is -0.121. The highest BCUT2D eigenvalue weighted by Gasteiger charge is 2.27. The summed E-state index contributed by atoms with van der Waals surface area (Å²) in [6.07, 6.45) is 0.684. The molecule has 0 aromatic carbocycles. The Labute approximate surface area is 162 Å². The predicted molar refractivity (Wildman–Crippen MR) is 107 cm³/mol. The van der Waals surface area contributed by atoms with Crippen LogP contribution in [0.4, 0.5) is 0 Å². The summed E-state index contributed by atoms with van der Waals surface area (Å²) in [7, 11) is -3.07. The summed E-state index contributed by atoms with van der Waals surface area (Å²) in [6, 6.07) is 0. The molecule has 1 aliphatic heterocycles. The van der Waals surface area contributed by atoms with E-state index in [0.29, 0.717) is 38.6 Å². The first-order valence-electron chi connectivity index (χ1n) is 7.95. The normalized spacial score (nSPS) is 17.9.